The Balaban J connectivity index is 1.31. The maximum Gasteiger partial charge on any atom is 0.231 e. The van der Waals surface area contributed by atoms with Crippen molar-refractivity contribution in [1.29, 1.82) is 0 Å². The summed E-state index contributed by atoms with van der Waals surface area (Å²) in [6, 6.07) is 20.4. The van der Waals surface area contributed by atoms with Crippen molar-refractivity contribution in [2.45, 2.75) is 18.9 Å². The fraction of sp³-hybridized carbons (Fsp3) is 0.280. The number of ether oxygens (including phenoxy) is 5. The molecule has 3 aromatic carbocycles. The van der Waals surface area contributed by atoms with Gasteiger partial charge in [-0.3, -0.25) is 0 Å². The molecule has 1 N–H and O–H groups in total. The van der Waals surface area contributed by atoms with Gasteiger partial charge >= 0.3 is 0 Å². The summed E-state index contributed by atoms with van der Waals surface area (Å²) in [5, 5.41) is 3.56. The minimum Gasteiger partial charge on any atom is -0.496 e. The Morgan fingerprint density at radius 1 is 0.839 bits per heavy atom. The van der Waals surface area contributed by atoms with Crippen LogP contribution < -0.4 is 29.0 Å². The van der Waals surface area contributed by atoms with Crippen LogP contribution in [0.3, 0.4) is 0 Å². The molecule has 1 atom stereocenters. The van der Waals surface area contributed by atoms with E-state index in [-0.39, 0.29) is 12.7 Å². The van der Waals surface area contributed by atoms with Crippen LogP contribution in [-0.4, -0.2) is 27.2 Å². The van der Waals surface area contributed by atoms with Crippen molar-refractivity contribution < 1.29 is 23.7 Å². The average Bonchev–Trinajstić information content (AvgIpc) is 3.47. The third-order valence-electron chi connectivity index (χ3n) is 5.69. The van der Waals surface area contributed by atoms with E-state index in [4.69, 9.17) is 23.7 Å². The van der Waals surface area contributed by atoms with Crippen molar-refractivity contribution in [2.24, 2.45) is 0 Å². The van der Waals surface area contributed by atoms with Crippen LogP contribution in [0.25, 0.3) is 0 Å². The maximum absolute atomic E-state index is 5.66. The standard InChI is InChI=1S/C25H25NO5/c1-27-21-5-3-2-4-20(21)19(18-7-9-23-25(13-18)31-16-29-23)10-11-26-14-17-6-8-22-24(12-17)30-15-28-22/h2-9,12-13,19,26H,10-11,14-16H2,1H3/t19-/m1/s1. The predicted octanol–water partition coefficient (Wildman–Crippen LogP) is 4.46. The van der Waals surface area contributed by atoms with Gasteiger partial charge in [-0.05, 0) is 54.4 Å². The molecule has 160 valence electrons. The Hall–Kier alpha value is -3.38. The van der Waals surface area contributed by atoms with Gasteiger partial charge < -0.3 is 29.0 Å². The van der Waals surface area contributed by atoms with Gasteiger partial charge in [0.15, 0.2) is 23.0 Å². The summed E-state index contributed by atoms with van der Waals surface area (Å²) in [4.78, 5) is 0. The van der Waals surface area contributed by atoms with Gasteiger partial charge in [0, 0.05) is 18.0 Å². The lowest BCUT2D eigenvalue weighted by molar-refractivity contribution is 0.173. The summed E-state index contributed by atoms with van der Waals surface area (Å²) < 4.78 is 27.6. The highest BCUT2D eigenvalue weighted by Gasteiger charge is 2.22. The average molecular weight is 419 g/mol. The number of fused-ring (bicyclic) bond motifs is 2. The van der Waals surface area contributed by atoms with Crippen LogP contribution in [0.5, 0.6) is 28.7 Å². The van der Waals surface area contributed by atoms with Crippen molar-refractivity contribution in [2.75, 3.05) is 27.2 Å². The number of hydrogen-bond donors (Lipinski definition) is 1. The van der Waals surface area contributed by atoms with Crippen molar-refractivity contribution in [3.8, 4) is 28.7 Å². The zero-order valence-electron chi connectivity index (χ0n) is 17.4. The smallest absolute Gasteiger partial charge is 0.231 e. The molecule has 0 saturated heterocycles. The molecule has 6 heteroatoms. The van der Waals surface area contributed by atoms with Crippen LogP contribution >= 0.6 is 0 Å². The van der Waals surface area contributed by atoms with E-state index in [9.17, 15) is 0 Å². The van der Waals surface area contributed by atoms with E-state index in [2.05, 4.69) is 35.6 Å². The highest BCUT2D eigenvalue weighted by molar-refractivity contribution is 5.49. The van der Waals surface area contributed by atoms with E-state index < -0.39 is 0 Å². The number of rotatable bonds is 8. The molecule has 0 spiro atoms. The van der Waals surface area contributed by atoms with E-state index in [0.717, 1.165) is 53.8 Å². The van der Waals surface area contributed by atoms with Crippen LogP contribution in [0.4, 0.5) is 0 Å². The Kier molecular flexibility index (Phi) is 5.54. The van der Waals surface area contributed by atoms with Gasteiger partial charge in [-0.15, -0.1) is 0 Å². The number of para-hydroxylation sites is 1. The molecule has 0 aliphatic carbocycles. The van der Waals surface area contributed by atoms with E-state index in [1.165, 1.54) is 11.1 Å². The van der Waals surface area contributed by atoms with Crippen LogP contribution in [0.15, 0.2) is 60.7 Å². The molecule has 3 aromatic rings. The SMILES string of the molecule is COc1ccccc1[C@H](CCNCc1ccc2c(c1)OCO2)c1ccc2c(c1)OCO2. The quantitative estimate of drug-likeness (QED) is 0.544. The third-order valence-corrected chi connectivity index (χ3v) is 5.69. The molecule has 0 fully saturated rings. The largest absolute Gasteiger partial charge is 0.496 e. The second kappa shape index (κ2) is 8.78. The topological polar surface area (TPSA) is 58.2 Å². The summed E-state index contributed by atoms with van der Waals surface area (Å²) in [7, 11) is 1.72. The number of hydrogen-bond acceptors (Lipinski definition) is 6. The van der Waals surface area contributed by atoms with Crippen LogP contribution in [0.2, 0.25) is 0 Å². The van der Waals surface area contributed by atoms with Gasteiger partial charge in [-0.25, -0.2) is 0 Å². The molecule has 2 heterocycles. The molecule has 0 aromatic heterocycles. The lowest BCUT2D eigenvalue weighted by Gasteiger charge is -2.21. The molecule has 2 aliphatic rings. The molecule has 31 heavy (non-hydrogen) atoms. The van der Waals surface area contributed by atoms with Gasteiger partial charge in [0.05, 0.1) is 7.11 Å². The van der Waals surface area contributed by atoms with E-state index in [0.29, 0.717) is 6.79 Å². The molecule has 0 saturated carbocycles. The molecule has 0 unspecified atom stereocenters. The molecular formula is C25H25NO5. The Morgan fingerprint density at radius 2 is 1.55 bits per heavy atom. The first-order valence-corrected chi connectivity index (χ1v) is 10.4. The highest BCUT2D eigenvalue weighted by atomic mass is 16.7. The fourth-order valence-corrected chi connectivity index (χ4v) is 4.12. The Morgan fingerprint density at radius 3 is 2.35 bits per heavy atom. The Bertz CT molecular complexity index is 1070. The Labute approximate surface area is 181 Å². The van der Waals surface area contributed by atoms with E-state index >= 15 is 0 Å². The second-order valence-electron chi connectivity index (χ2n) is 7.56. The molecule has 2 aliphatic heterocycles. The van der Waals surface area contributed by atoms with E-state index in [1.807, 2.05) is 30.3 Å². The van der Waals surface area contributed by atoms with Crippen molar-refractivity contribution >= 4 is 0 Å². The summed E-state index contributed by atoms with van der Waals surface area (Å²) in [6.45, 7) is 2.17. The van der Waals surface area contributed by atoms with Gasteiger partial charge in [-0.1, -0.05) is 30.3 Å². The second-order valence-corrected chi connectivity index (χ2v) is 7.56. The highest BCUT2D eigenvalue weighted by Crippen LogP contribution is 2.40. The van der Waals surface area contributed by atoms with Crippen molar-refractivity contribution in [1.82, 2.24) is 5.32 Å². The zero-order valence-corrected chi connectivity index (χ0v) is 17.4. The number of nitrogens with one attached hydrogen (secondary N) is 1. The third kappa shape index (κ3) is 4.11. The first-order chi connectivity index (χ1) is 15.3. The normalized spacial score (nSPS) is 14.5. The van der Waals surface area contributed by atoms with Gasteiger partial charge in [0.1, 0.15) is 5.75 Å². The molecule has 5 rings (SSSR count). The lowest BCUT2D eigenvalue weighted by Crippen LogP contribution is -2.18. The zero-order chi connectivity index (χ0) is 21.0. The fourth-order valence-electron chi connectivity index (χ4n) is 4.12. The van der Waals surface area contributed by atoms with Crippen LogP contribution in [-0.2, 0) is 6.54 Å². The van der Waals surface area contributed by atoms with E-state index in [1.54, 1.807) is 7.11 Å². The maximum atomic E-state index is 5.66. The van der Waals surface area contributed by atoms with Gasteiger partial charge in [0.25, 0.3) is 0 Å². The first-order valence-electron chi connectivity index (χ1n) is 10.4. The monoisotopic (exact) mass is 419 g/mol. The summed E-state index contributed by atoms with van der Waals surface area (Å²) in [5.41, 5.74) is 3.51. The van der Waals surface area contributed by atoms with Crippen molar-refractivity contribution in [3.05, 3.63) is 77.4 Å². The summed E-state index contributed by atoms with van der Waals surface area (Å²) in [5.74, 6) is 4.26. The van der Waals surface area contributed by atoms with Crippen molar-refractivity contribution in [3.63, 3.8) is 0 Å². The first kappa shape index (κ1) is 19.6. The van der Waals surface area contributed by atoms with Gasteiger partial charge in [-0.2, -0.15) is 0 Å². The predicted molar refractivity (Wildman–Crippen MR) is 116 cm³/mol. The number of benzene rings is 3. The lowest BCUT2D eigenvalue weighted by atomic mass is 9.87. The van der Waals surface area contributed by atoms with Crippen LogP contribution in [0.1, 0.15) is 29.0 Å². The molecule has 0 radical (unpaired) electrons. The minimum atomic E-state index is 0.162. The van der Waals surface area contributed by atoms with Gasteiger partial charge in [0.2, 0.25) is 13.6 Å². The number of methoxy groups -OCH3 is 1. The molecule has 0 bridgehead atoms. The molecule has 0 amide bonds. The molecule has 6 nitrogen and oxygen atoms in total. The van der Waals surface area contributed by atoms with Crippen LogP contribution in [0, 0.1) is 0 Å². The molecular weight excluding hydrogens is 394 g/mol. The summed E-state index contributed by atoms with van der Waals surface area (Å²) in [6.07, 6.45) is 0.907. The minimum absolute atomic E-state index is 0.162. The summed E-state index contributed by atoms with van der Waals surface area (Å²) >= 11 is 0.